The summed E-state index contributed by atoms with van der Waals surface area (Å²) in [5.41, 5.74) is 0.281. The molecule has 174 valence electrons. The molecular weight excluding hydrogens is 376 g/mol. The molecule has 4 N–H and O–H groups in total. The Kier molecular flexibility index (Phi) is 6.38. The smallest absolute Gasteiger partial charge is 0.0605 e. The molecular formula is C26H46O4. The number of rotatable bonds is 5. The fraction of sp³-hybridized carbons (Fsp3) is 1.00. The van der Waals surface area contributed by atoms with Crippen LogP contribution in [-0.2, 0) is 0 Å². The van der Waals surface area contributed by atoms with Crippen LogP contribution in [0.5, 0.6) is 0 Å². The van der Waals surface area contributed by atoms with Crippen molar-refractivity contribution >= 4 is 0 Å². The Morgan fingerprint density at radius 2 is 1.63 bits per heavy atom. The maximum absolute atomic E-state index is 11.7. The lowest BCUT2D eigenvalue weighted by Crippen LogP contribution is -2.62. The van der Waals surface area contributed by atoms with Gasteiger partial charge >= 0.3 is 0 Å². The van der Waals surface area contributed by atoms with Gasteiger partial charge in [-0.3, -0.25) is 0 Å². The van der Waals surface area contributed by atoms with E-state index in [0.29, 0.717) is 23.7 Å². The van der Waals surface area contributed by atoms with Crippen molar-refractivity contribution in [3.63, 3.8) is 0 Å². The van der Waals surface area contributed by atoms with Crippen LogP contribution in [0.3, 0.4) is 0 Å². The SMILES string of the molecule is CC[C@H]1C(O)C2C3C[C@@H](O)[C@H]([C@H](C)CCCO)[C@@]3(C)CCC2[C@@]2(C)CC[C@@H](O)C[C@@H]12. The summed E-state index contributed by atoms with van der Waals surface area (Å²) >= 11 is 0. The minimum Gasteiger partial charge on any atom is -0.396 e. The molecule has 0 amide bonds. The zero-order valence-electron chi connectivity index (χ0n) is 19.6. The van der Waals surface area contributed by atoms with Gasteiger partial charge in [0, 0.05) is 6.61 Å². The standard InChI is InChI=1S/C26H46O4/c1-5-17-19-13-16(28)8-10-25(19,3)18-9-11-26(4)20(22(18)24(17)30)14-21(29)23(26)15(2)7-6-12-27/h15-24,27-30H,5-14H2,1-4H3/t15-,16-,17-,18?,19+,20?,21-,22?,23+,24?,25-,26+/m1/s1. The first kappa shape index (κ1) is 23.0. The molecule has 4 fully saturated rings. The molecule has 0 aliphatic heterocycles. The molecule has 4 rings (SSSR count). The molecule has 4 nitrogen and oxygen atoms in total. The molecule has 4 unspecified atom stereocenters. The molecule has 0 bridgehead atoms. The minimum atomic E-state index is -0.313. The van der Waals surface area contributed by atoms with E-state index >= 15 is 0 Å². The number of hydrogen-bond acceptors (Lipinski definition) is 4. The summed E-state index contributed by atoms with van der Waals surface area (Å²) in [4.78, 5) is 0. The lowest BCUT2D eigenvalue weighted by atomic mass is 9.41. The largest absolute Gasteiger partial charge is 0.396 e. The Bertz CT molecular complexity index is 610. The minimum absolute atomic E-state index is 0.0755. The van der Waals surface area contributed by atoms with Gasteiger partial charge in [-0.1, -0.05) is 34.1 Å². The third-order valence-electron chi connectivity index (χ3n) is 10.9. The van der Waals surface area contributed by atoms with Crippen LogP contribution in [0.25, 0.3) is 0 Å². The summed E-state index contributed by atoms with van der Waals surface area (Å²) in [6, 6.07) is 0. The predicted molar refractivity (Wildman–Crippen MR) is 119 cm³/mol. The molecule has 0 saturated heterocycles. The van der Waals surface area contributed by atoms with E-state index in [1.165, 1.54) is 0 Å². The van der Waals surface area contributed by atoms with Crippen LogP contribution in [0.1, 0.15) is 85.5 Å². The zero-order valence-corrected chi connectivity index (χ0v) is 19.6. The van der Waals surface area contributed by atoms with Gasteiger partial charge in [-0.2, -0.15) is 0 Å². The van der Waals surface area contributed by atoms with E-state index in [1.807, 2.05) is 0 Å². The van der Waals surface area contributed by atoms with Crippen molar-refractivity contribution in [2.24, 2.45) is 52.3 Å². The molecule has 12 atom stereocenters. The third kappa shape index (κ3) is 3.31. The molecule has 0 aromatic rings. The van der Waals surface area contributed by atoms with Gasteiger partial charge in [0.05, 0.1) is 18.3 Å². The highest BCUT2D eigenvalue weighted by atomic mass is 16.3. The monoisotopic (exact) mass is 422 g/mol. The average molecular weight is 423 g/mol. The summed E-state index contributed by atoms with van der Waals surface area (Å²) in [5, 5.41) is 42.7. The molecule has 4 aliphatic carbocycles. The highest BCUT2D eigenvalue weighted by molar-refractivity contribution is 5.15. The Hall–Kier alpha value is -0.160. The molecule has 4 aliphatic rings. The Morgan fingerprint density at radius 1 is 0.933 bits per heavy atom. The van der Waals surface area contributed by atoms with E-state index in [9.17, 15) is 20.4 Å². The Balaban J connectivity index is 1.67. The van der Waals surface area contributed by atoms with Crippen LogP contribution in [0.2, 0.25) is 0 Å². The van der Waals surface area contributed by atoms with Crippen molar-refractivity contribution in [1.82, 2.24) is 0 Å². The maximum atomic E-state index is 11.7. The quantitative estimate of drug-likeness (QED) is 0.540. The van der Waals surface area contributed by atoms with Gasteiger partial charge in [-0.25, -0.2) is 0 Å². The maximum Gasteiger partial charge on any atom is 0.0605 e. The van der Waals surface area contributed by atoms with Crippen LogP contribution in [0.4, 0.5) is 0 Å². The number of fused-ring (bicyclic) bond motifs is 5. The van der Waals surface area contributed by atoms with E-state index in [4.69, 9.17) is 0 Å². The van der Waals surface area contributed by atoms with Crippen LogP contribution in [-0.4, -0.2) is 45.3 Å². The fourth-order valence-electron chi connectivity index (χ4n) is 9.64. The first-order chi connectivity index (χ1) is 14.2. The number of aliphatic hydroxyl groups excluding tert-OH is 4. The lowest BCUT2D eigenvalue weighted by Gasteiger charge is -2.64. The van der Waals surface area contributed by atoms with Gasteiger partial charge in [0.15, 0.2) is 0 Å². The third-order valence-corrected chi connectivity index (χ3v) is 10.9. The topological polar surface area (TPSA) is 80.9 Å². The van der Waals surface area contributed by atoms with E-state index in [1.54, 1.807) is 0 Å². The second-order valence-electron chi connectivity index (χ2n) is 12.1. The molecule has 0 heterocycles. The molecule has 4 heteroatoms. The zero-order chi connectivity index (χ0) is 21.8. The predicted octanol–water partition coefficient (Wildman–Crippen LogP) is 3.99. The molecule has 0 spiro atoms. The van der Waals surface area contributed by atoms with Crippen molar-refractivity contribution in [1.29, 1.82) is 0 Å². The molecule has 0 aromatic carbocycles. The average Bonchev–Trinajstić information content (AvgIpc) is 2.98. The first-order valence-corrected chi connectivity index (χ1v) is 12.8. The van der Waals surface area contributed by atoms with Crippen LogP contribution >= 0.6 is 0 Å². The fourth-order valence-corrected chi connectivity index (χ4v) is 9.64. The van der Waals surface area contributed by atoms with E-state index in [-0.39, 0.29) is 53.5 Å². The van der Waals surface area contributed by atoms with Gasteiger partial charge in [0.2, 0.25) is 0 Å². The van der Waals surface area contributed by atoms with Crippen molar-refractivity contribution in [2.75, 3.05) is 6.61 Å². The summed E-state index contributed by atoms with van der Waals surface area (Å²) in [5.74, 6) is 2.49. The van der Waals surface area contributed by atoms with Crippen LogP contribution < -0.4 is 0 Å². The van der Waals surface area contributed by atoms with E-state index in [0.717, 1.165) is 57.8 Å². The van der Waals surface area contributed by atoms with Gasteiger partial charge in [-0.05, 0) is 104 Å². The van der Waals surface area contributed by atoms with E-state index < -0.39 is 0 Å². The van der Waals surface area contributed by atoms with Gasteiger partial charge in [0.1, 0.15) is 0 Å². The van der Waals surface area contributed by atoms with Crippen molar-refractivity contribution in [3.8, 4) is 0 Å². The summed E-state index contributed by atoms with van der Waals surface area (Å²) in [7, 11) is 0. The van der Waals surface area contributed by atoms with Crippen molar-refractivity contribution in [2.45, 2.75) is 104 Å². The number of hydrogen-bond donors (Lipinski definition) is 4. The first-order valence-electron chi connectivity index (χ1n) is 12.8. The number of aliphatic hydroxyl groups is 4. The lowest BCUT2D eigenvalue weighted by molar-refractivity contribution is -0.203. The summed E-state index contributed by atoms with van der Waals surface area (Å²) < 4.78 is 0. The molecule has 4 saturated carbocycles. The Morgan fingerprint density at radius 3 is 2.30 bits per heavy atom. The van der Waals surface area contributed by atoms with Crippen molar-refractivity contribution in [3.05, 3.63) is 0 Å². The van der Waals surface area contributed by atoms with Gasteiger partial charge in [0.25, 0.3) is 0 Å². The normalized spacial score (nSPS) is 54.2. The second kappa shape index (κ2) is 8.32. The summed E-state index contributed by atoms with van der Waals surface area (Å²) in [6.45, 7) is 9.55. The van der Waals surface area contributed by atoms with Crippen LogP contribution in [0.15, 0.2) is 0 Å². The van der Waals surface area contributed by atoms with Gasteiger partial charge < -0.3 is 20.4 Å². The van der Waals surface area contributed by atoms with E-state index in [2.05, 4.69) is 27.7 Å². The molecule has 30 heavy (non-hydrogen) atoms. The highest BCUT2D eigenvalue weighted by Crippen LogP contribution is 2.69. The summed E-state index contributed by atoms with van der Waals surface area (Å²) in [6.07, 6.45) is 7.85. The molecule has 0 aromatic heterocycles. The Labute approximate surface area is 183 Å². The molecule has 0 radical (unpaired) electrons. The van der Waals surface area contributed by atoms with Crippen molar-refractivity contribution < 1.29 is 20.4 Å². The van der Waals surface area contributed by atoms with Crippen LogP contribution in [0, 0.1) is 52.3 Å². The second-order valence-corrected chi connectivity index (χ2v) is 12.1. The highest BCUT2D eigenvalue weighted by Gasteiger charge is 2.66. The van der Waals surface area contributed by atoms with Gasteiger partial charge in [-0.15, -0.1) is 0 Å².